The standard InChI is InChI=1S/C20H18N6OS/c1-2-26-19(15-11-14-7-6-10-21-18(14)22-12-15)24-25-20(26)28-13-17(27)23-16-8-4-3-5-9-16/h3-12H,2,13H2,1H3,(H,23,27). The van der Waals surface area contributed by atoms with Crippen LogP contribution in [-0.2, 0) is 11.3 Å². The van der Waals surface area contributed by atoms with E-state index in [4.69, 9.17) is 0 Å². The van der Waals surface area contributed by atoms with Crippen molar-refractivity contribution in [3.63, 3.8) is 0 Å². The molecule has 0 aliphatic carbocycles. The molecule has 140 valence electrons. The Hall–Kier alpha value is -3.26. The number of fused-ring (bicyclic) bond motifs is 1. The van der Waals surface area contributed by atoms with E-state index in [0.717, 1.165) is 22.5 Å². The van der Waals surface area contributed by atoms with Crippen LogP contribution in [0, 0.1) is 0 Å². The van der Waals surface area contributed by atoms with Crippen molar-refractivity contribution >= 4 is 34.4 Å². The number of rotatable bonds is 6. The molecule has 28 heavy (non-hydrogen) atoms. The molecule has 7 nitrogen and oxygen atoms in total. The Morgan fingerprint density at radius 2 is 1.96 bits per heavy atom. The highest BCUT2D eigenvalue weighted by atomic mass is 32.2. The molecule has 3 heterocycles. The van der Waals surface area contributed by atoms with Crippen molar-refractivity contribution in [2.45, 2.75) is 18.6 Å². The Kier molecular flexibility index (Phi) is 5.29. The van der Waals surface area contributed by atoms with E-state index in [0.29, 0.717) is 17.3 Å². The summed E-state index contributed by atoms with van der Waals surface area (Å²) in [5, 5.41) is 13.1. The summed E-state index contributed by atoms with van der Waals surface area (Å²) in [5.74, 6) is 0.904. The lowest BCUT2D eigenvalue weighted by Gasteiger charge is -2.08. The number of hydrogen-bond donors (Lipinski definition) is 1. The summed E-state index contributed by atoms with van der Waals surface area (Å²) in [6.07, 6.45) is 3.47. The zero-order chi connectivity index (χ0) is 19.3. The van der Waals surface area contributed by atoms with Crippen molar-refractivity contribution in [1.29, 1.82) is 0 Å². The number of nitrogens with one attached hydrogen (secondary N) is 1. The van der Waals surface area contributed by atoms with Gasteiger partial charge in [0.1, 0.15) is 0 Å². The molecule has 4 aromatic rings. The number of thioether (sulfide) groups is 1. The second-order valence-corrected chi connectivity index (χ2v) is 6.97. The Labute approximate surface area is 166 Å². The maximum atomic E-state index is 12.2. The lowest BCUT2D eigenvalue weighted by atomic mass is 10.2. The summed E-state index contributed by atoms with van der Waals surface area (Å²) >= 11 is 1.36. The first-order valence-corrected chi connectivity index (χ1v) is 9.85. The molecule has 0 spiro atoms. The first kappa shape index (κ1) is 18.1. The van der Waals surface area contributed by atoms with Crippen LogP contribution in [0.5, 0.6) is 0 Å². The van der Waals surface area contributed by atoms with Gasteiger partial charge in [-0.25, -0.2) is 9.97 Å². The normalized spacial score (nSPS) is 10.9. The molecule has 0 saturated carbocycles. The van der Waals surface area contributed by atoms with E-state index in [1.807, 2.05) is 60.0 Å². The van der Waals surface area contributed by atoms with Crippen LogP contribution < -0.4 is 5.32 Å². The van der Waals surface area contributed by atoms with Crippen LogP contribution in [0.15, 0.2) is 66.1 Å². The smallest absolute Gasteiger partial charge is 0.234 e. The number of carbonyl (C=O) groups is 1. The highest BCUT2D eigenvalue weighted by molar-refractivity contribution is 7.99. The van der Waals surface area contributed by atoms with E-state index in [1.54, 1.807) is 12.4 Å². The van der Waals surface area contributed by atoms with Crippen molar-refractivity contribution < 1.29 is 4.79 Å². The maximum Gasteiger partial charge on any atom is 0.234 e. The van der Waals surface area contributed by atoms with Crippen LogP contribution in [-0.4, -0.2) is 36.4 Å². The fraction of sp³-hybridized carbons (Fsp3) is 0.150. The molecule has 0 aliphatic rings. The summed E-state index contributed by atoms with van der Waals surface area (Å²) < 4.78 is 1.99. The van der Waals surface area contributed by atoms with Gasteiger partial charge >= 0.3 is 0 Å². The fourth-order valence-electron chi connectivity index (χ4n) is 2.83. The molecule has 3 aromatic heterocycles. The number of hydrogen-bond acceptors (Lipinski definition) is 6. The Morgan fingerprint density at radius 3 is 2.79 bits per heavy atom. The largest absolute Gasteiger partial charge is 0.325 e. The summed E-state index contributed by atoms with van der Waals surface area (Å²) in [7, 11) is 0. The minimum Gasteiger partial charge on any atom is -0.325 e. The molecular formula is C20H18N6OS. The van der Waals surface area contributed by atoms with Gasteiger partial charge in [-0.3, -0.25) is 4.79 Å². The van der Waals surface area contributed by atoms with Crippen LogP contribution in [0.3, 0.4) is 0 Å². The van der Waals surface area contributed by atoms with Crippen molar-refractivity contribution in [2.24, 2.45) is 0 Å². The molecule has 0 aliphatic heterocycles. The van der Waals surface area contributed by atoms with E-state index in [2.05, 4.69) is 25.5 Å². The van der Waals surface area contributed by atoms with Gasteiger partial charge < -0.3 is 9.88 Å². The number of amides is 1. The first-order valence-electron chi connectivity index (χ1n) is 8.86. The van der Waals surface area contributed by atoms with Gasteiger partial charge in [0.15, 0.2) is 16.6 Å². The van der Waals surface area contributed by atoms with Gasteiger partial charge in [0.2, 0.25) is 5.91 Å². The summed E-state index contributed by atoms with van der Waals surface area (Å²) in [4.78, 5) is 20.8. The number of pyridine rings is 2. The Morgan fingerprint density at radius 1 is 1.11 bits per heavy atom. The minimum absolute atomic E-state index is 0.0816. The van der Waals surface area contributed by atoms with E-state index in [1.165, 1.54) is 11.8 Å². The molecule has 8 heteroatoms. The summed E-state index contributed by atoms with van der Waals surface area (Å²) in [6, 6.07) is 15.2. The highest BCUT2D eigenvalue weighted by Crippen LogP contribution is 2.25. The third-order valence-corrected chi connectivity index (χ3v) is 5.10. The lowest BCUT2D eigenvalue weighted by molar-refractivity contribution is -0.113. The van der Waals surface area contributed by atoms with Gasteiger partial charge in [0.25, 0.3) is 0 Å². The average molecular weight is 390 g/mol. The van der Waals surface area contributed by atoms with Gasteiger partial charge in [0.05, 0.1) is 5.75 Å². The summed E-state index contributed by atoms with van der Waals surface area (Å²) in [5.41, 5.74) is 2.35. The van der Waals surface area contributed by atoms with Gasteiger partial charge in [-0.2, -0.15) is 0 Å². The van der Waals surface area contributed by atoms with E-state index < -0.39 is 0 Å². The predicted molar refractivity (Wildman–Crippen MR) is 110 cm³/mol. The molecule has 0 bridgehead atoms. The van der Waals surface area contributed by atoms with Gasteiger partial charge in [-0.05, 0) is 37.3 Å². The topological polar surface area (TPSA) is 85.6 Å². The van der Waals surface area contributed by atoms with Gasteiger partial charge in [-0.15, -0.1) is 10.2 Å². The fourth-order valence-corrected chi connectivity index (χ4v) is 3.63. The van der Waals surface area contributed by atoms with Crippen molar-refractivity contribution in [3.05, 3.63) is 60.9 Å². The molecular weight excluding hydrogens is 372 g/mol. The average Bonchev–Trinajstić information content (AvgIpc) is 3.15. The number of anilines is 1. The van der Waals surface area contributed by atoms with E-state index in [9.17, 15) is 4.79 Å². The monoisotopic (exact) mass is 390 g/mol. The third-order valence-electron chi connectivity index (χ3n) is 4.13. The van der Waals surface area contributed by atoms with Gasteiger partial charge in [-0.1, -0.05) is 30.0 Å². The van der Waals surface area contributed by atoms with E-state index >= 15 is 0 Å². The zero-order valence-corrected chi connectivity index (χ0v) is 16.1. The highest BCUT2D eigenvalue weighted by Gasteiger charge is 2.15. The van der Waals surface area contributed by atoms with E-state index in [-0.39, 0.29) is 11.7 Å². The van der Waals surface area contributed by atoms with Crippen LogP contribution in [0.2, 0.25) is 0 Å². The van der Waals surface area contributed by atoms with Crippen molar-refractivity contribution in [2.75, 3.05) is 11.1 Å². The zero-order valence-electron chi connectivity index (χ0n) is 15.2. The molecule has 0 fully saturated rings. The van der Waals surface area contributed by atoms with Crippen LogP contribution >= 0.6 is 11.8 Å². The van der Waals surface area contributed by atoms with Crippen LogP contribution in [0.1, 0.15) is 6.92 Å². The molecule has 0 atom stereocenters. The van der Waals surface area contributed by atoms with Crippen LogP contribution in [0.25, 0.3) is 22.4 Å². The second kappa shape index (κ2) is 8.18. The molecule has 4 rings (SSSR count). The molecule has 1 aromatic carbocycles. The Bertz CT molecular complexity index is 1110. The van der Waals surface area contributed by atoms with Gasteiger partial charge in [0, 0.05) is 35.6 Å². The number of aromatic nitrogens is 5. The Balaban J connectivity index is 1.51. The first-order chi connectivity index (χ1) is 13.7. The molecule has 0 unspecified atom stereocenters. The SMILES string of the molecule is CCn1c(SCC(=O)Nc2ccccc2)nnc1-c1cnc2ncccc2c1. The van der Waals surface area contributed by atoms with Crippen molar-refractivity contribution in [1.82, 2.24) is 24.7 Å². The molecule has 1 amide bonds. The minimum atomic E-state index is -0.0816. The predicted octanol–water partition coefficient (Wildman–Crippen LogP) is 3.64. The molecule has 0 radical (unpaired) electrons. The number of nitrogens with zero attached hydrogens (tertiary/aromatic N) is 5. The molecule has 1 N–H and O–H groups in total. The number of carbonyl (C=O) groups excluding carboxylic acids is 1. The number of benzene rings is 1. The van der Waals surface area contributed by atoms with Crippen LogP contribution in [0.4, 0.5) is 5.69 Å². The third kappa shape index (κ3) is 3.86. The summed E-state index contributed by atoms with van der Waals surface area (Å²) in [6.45, 7) is 2.72. The number of para-hydroxylation sites is 1. The second-order valence-electron chi connectivity index (χ2n) is 6.03. The lowest BCUT2D eigenvalue weighted by Crippen LogP contribution is -2.14. The molecule has 0 saturated heterocycles. The maximum absolute atomic E-state index is 12.2. The van der Waals surface area contributed by atoms with Crippen molar-refractivity contribution in [3.8, 4) is 11.4 Å². The quantitative estimate of drug-likeness (QED) is 0.506.